The van der Waals surface area contributed by atoms with E-state index in [9.17, 15) is 19.0 Å². The van der Waals surface area contributed by atoms with Crippen LogP contribution in [0.4, 0.5) is 0 Å². The second kappa shape index (κ2) is 35.9. The SMILES string of the molecule is CCCCCCCC/C=C\CCCCCCCC(=O)OC(COC(=O)CCCCCCCCCCCCCCC)COP(=O)([O-])O[CH]([SnH3])C[N+](C)(C)C. The van der Waals surface area contributed by atoms with Crippen molar-refractivity contribution < 1.29 is 42.1 Å². The molecule has 53 heavy (non-hydrogen) atoms. The van der Waals surface area contributed by atoms with Crippen molar-refractivity contribution in [2.75, 3.05) is 40.9 Å². The molecule has 314 valence electrons. The first kappa shape index (κ1) is 52.5. The number of nitrogens with zero attached hydrogens (tertiary/aromatic N) is 1. The zero-order valence-corrected chi connectivity index (χ0v) is 42.0. The molecule has 0 fully saturated rings. The number of hydrogen-bond acceptors (Lipinski definition) is 8. The van der Waals surface area contributed by atoms with Crippen molar-refractivity contribution in [3.05, 3.63) is 12.2 Å². The molecule has 3 atom stereocenters. The van der Waals surface area contributed by atoms with E-state index >= 15 is 0 Å². The summed E-state index contributed by atoms with van der Waals surface area (Å²) in [5.41, 5.74) is 0. The number of rotatable bonds is 39. The van der Waals surface area contributed by atoms with Gasteiger partial charge < -0.3 is 0 Å². The molecule has 0 aromatic heterocycles. The monoisotopic (exact) mass is 881 g/mol. The summed E-state index contributed by atoms with van der Waals surface area (Å²) in [5.74, 6) is -0.821. The van der Waals surface area contributed by atoms with Crippen LogP contribution < -0.4 is 4.89 Å². The van der Waals surface area contributed by atoms with Crippen LogP contribution in [0.5, 0.6) is 0 Å². The Kier molecular flexibility index (Phi) is 35.6. The maximum atomic E-state index is 12.7. The Balaban J connectivity index is 4.47. The molecule has 0 amide bonds. The van der Waals surface area contributed by atoms with Gasteiger partial charge in [0.2, 0.25) is 0 Å². The molecular formula is C42H84NO8PSn. The minimum atomic E-state index is -4.62. The third kappa shape index (κ3) is 39.6. The molecule has 0 aromatic carbocycles. The van der Waals surface area contributed by atoms with Crippen molar-refractivity contribution in [2.45, 2.75) is 204 Å². The zero-order chi connectivity index (χ0) is 39.5. The van der Waals surface area contributed by atoms with E-state index in [0.29, 0.717) is 17.4 Å². The third-order valence-electron chi connectivity index (χ3n) is 9.39. The van der Waals surface area contributed by atoms with Gasteiger partial charge in [-0.15, -0.1) is 0 Å². The molecule has 0 N–H and O–H groups in total. The Hall–Kier alpha value is -0.451. The van der Waals surface area contributed by atoms with E-state index in [1.54, 1.807) is 0 Å². The van der Waals surface area contributed by atoms with Gasteiger partial charge in [0.15, 0.2) is 0 Å². The molecule has 0 saturated carbocycles. The second-order valence-electron chi connectivity index (χ2n) is 16.3. The number of quaternary nitrogens is 1. The minimum absolute atomic E-state index is 0.0903. The number of phosphoric ester groups is 1. The summed E-state index contributed by atoms with van der Waals surface area (Å²) in [6, 6.07) is 0. The van der Waals surface area contributed by atoms with Crippen molar-refractivity contribution in [3.8, 4) is 0 Å². The van der Waals surface area contributed by atoms with Crippen LogP contribution in [0, 0.1) is 0 Å². The fourth-order valence-electron chi connectivity index (χ4n) is 6.48. The average Bonchev–Trinajstić information content (AvgIpc) is 3.08. The molecule has 0 radical (unpaired) electrons. The molecular weight excluding hydrogens is 796 g/mol. The standard InChI is InChI=1S/C42H81NO8P.Sn.3H/c1-6-8-10-12-14-16-18-20-21-23-25-27-29-31-33-35-42(45)51-40(39-50-52(46,47)49-37-36-43(3,4)5)38-48-41(44)34-32-30-28-26-24-22-19-17-15-13-11-9-7-2;;;;/h20-21,37,40H,6-19,22-36,38-39H2,1-5H3;;;;/b21-20-;;;;. The zero-order valence-electron chi connectivity index (χ0n) is 35.4. The Morgan fingerprint density at radius 1 is 0.623 bits per heavy atom. The van der Waals surface area contributed by atoms with Gasteiger partial charge >= 0.3 is 180 Å². The predicted octanol–water partition coefficient (Wildman–Crippen LogP) is 9.86. The van der Waals surface area contributed by atoms with Gasteiger partial charge in [-0.2, -0.15) is 0 Å². The van der Waals surface area contributed by atoms with E-state index < -0.39 is 26.5 Å². The van der Waals surface area contributed by atoms with E-state index in [2.05, 4.69) is 26.0 Å². The Bertz CT molecular complexity index is 945. The van der Waals surface area contributed by atoms with E-state index in [0.717, 1.165) is 51.4 Å². The number of phosphoric acid groups is 1. The molecule has 0 rings (SSSR count). The number of carbonyl (C=O) groups is 2. The molecule has 0 aromatic rings. The number of hydrogen-bond donors (Lipinski definition) is 0. The molecule has 0 aliphatic heterocycles. The molecule has 0 heterocycles. The van der Waals surface area contributed by atoms with Crippen LogP contribution >= 0.6 is 7.82 Å². The normalized spacial score (nSPS) is 14.4. The molecule has 0 aliphatic carbocycles. The first-order valence-corrected chi connectivity index (χ1v) is 26.6. The van der Waals surface area contributed by atoms with Crippen LogP contribution in [0.25, 0.3) is 0 Å². The van der Waals surface area contributed by atoms with Crippen LogP contribution in [0.3, 0.4) is 0 Å². The molecule has 0 aliphatic rings. The molecule has 0 spiro atoms. The van der Waals surface area contributed by atoms with Crippen molar-refractivity contribution in [1.82, 2.24) is 0 Å². The first-order valence-electron chi connectivity index (χ1n) is 21.8. The number of carbonyl (C=O) groups excluding carboxylic acids is 2. The summed E-state index contributed by atoms with van der Waals surface area (Å²) in [7, 11) is 1.30. The van der Waals surface area contributed by atoms with Crippen molar-refractivity contribution >= 4 is 42.3 Å². The van der Waals surface area contributed by atoms with Gasteiger partial charge in [-0.05, 0) is 25.7 Å². The van der Waals surface area contributed by atoms with Gasteiger partial charge in [-0.3, -0.25) is 0 Å². The first-order chi connectivity index (χ1) is 25.4. The van der Waals surface area contributed by atoms with Crippen LogP contribution in [-0.4, -0.2) is 90.1 Å². The topological polar surface area (TPSA) is 111 Å². The van der Waals surface area contributed by atoms with Crippen molar-refractivity contribution in [2.24, 2.45) is 0 Å². The molecule has 11 heteroatoms. The van der Waals surface area contributed by atoms with E-state index in [1.165, 1.54) is 109 Å². The van der Waals surface area contributed by atoms with Gasteiger partial charge in [0.1, 0.15) is 0 Å². The molecule has 9 nitrogen and oxygen atoms in total. The summed E-state index contributed by atoms with van der Waals surface area (Å²) < 4.78 is 34.2. The Morgan fingerprint density at radius 3 is 1.45 bits per heavy atom. The van der Waals surface area contributed by atoms with Crippen LogP contribution in [0.15, 0.2) is 12.2 Å². The van der Waals surface area contributed by atoms with Crippen LogP contribution in [0.2, 0.25) is 0 Å². The van der Waals surface area contributed by atoms with Crippen molar-refractivity contribution in [3.63, 3.8) is 0 Å². The van der Waals surface area contributed by atoms with E-state index in [1.807, 2.05) is 21.1 Å². The van der Waals surface area contributed by atoms with E-state index in [-0.39, 0.29) is 52.1 Å². The fraction of sp³-hybridized carbons (Fsp3) is 0.905. The Labute approximate surface area is 339 Å². The van der Waals surface area contributed by atoms with Crippen LogP contribution in [-0.2, 0) is 32.7 Å². The Morgan fingerprint density at radius 2 is 1.02 bits per heavy atom. The summed E-state index contributed by atoms with van der Waals surface area (Å²) >= 11 is -0.0903. The van der Waals surface area contributed by atoms with Gasteiger partial charge in [-0.1, -0.05) is 135 Å². The second-order valence-corrected chi connectivity index (χ2v) is 21.3. The number of unbranched alkanes of at least 4 members (excludes halogenated alkanes) is 23. The van der Waals surface area contributed by atoms with Gasteiger partial charge in [-0.25, -0.2) is 0 Å². The number of ether oxygens (including phenoxy) is 2. The average molecular weight is 881 g/mol. The van der Waals surface area contributed by atoms with Crippen LogP contribution in [0.1, 0.15) is 194 Å². The quantitative estimate of drug-likeness (QED) is 0.0150. The number of allylic oxidation sites excluding steroid dienone is 2. The van der Waals surface area contributed by atoms with Gasteiger partial charge in [0.05, 0.1) is 0 Å². The summed E-state index contributed by atoms with van der Waals surface area (Å²) in [6.45, 7) is 4.36. The van der Waals surface area contributed by atoms with Crippen molar-refractivity contribution in [1.29, 1.82) is 0 Å². The number of esters is 2. The summed E-state index contributed by atoms with van der Waals surface area (Å²) in [6.07, 6.45) is 35.2. The van der Waals surface area contributed by atoms with Gasteiger partial charge in [0, 0.05) is 0 Å². The fourth-order valence-corrected chi connectivity index (χ4v) is 12.7. The maximum absolute atomic E-state index is 12.7. The van der Waals surface area contributed by atoms with E-state index in [4.69, 9.17) is 18.5 Å². The molecule has 0 bridgehead atoms. The molecule has 0 saturated heterocycles. The van der Waals surface area contributed by atoms with Gasteiger partial charge in [0.25, 0.3) is 0 Å². The summed E-state index contributed by atoms with van der Waals surface area (Å²) in [4.78, 5) is 37.8. The number of likely N-dealkylation sites (N-methyl/N-ethyl adjacent to an activating group) is 1. The predicted molar refractivity (Wildman–Crippen MR) is 222 cm³/mol. The third-order valence-corrected chi connectivity index (χ3v) is 13.3. The molecule has 3 unspecified atom stereocenters. The summed E-state index contributed by atoms with van der Waals surface area (Å²) in [5, 5.41) is 0.